The van der Waals surface area contributed by atoms with Crippen LogP contribution in [0.15, 0.2) is 91.4 Å². The molecule has 4 aromatic rings. The average Bonchev–Trinajstić information content (AvgIpc) is 3.29. The van der Waals surface area contributed by atoms with E-state index in [4.69, 9.17) is 0 Å². The molecule has 0 aliphatic rings. The molecule has 2 aromatic heterocycles. The second kappa shape index (κ2) is 8.83. The minimum Gasteiger partial charge on any atom is -0.347 e. The number of carbonyl (C=O) groups is 2. The lowest BCUT2D eigenvalue weighted by atomic mass is 10.2. The minimum atomic E-state index is -0.268. The zero-order chi connectivity index (χ0) is 20.8. The fourth-order valence-corrected chi connectivity index (χ4v) is 2.91. The second-order valence-corrected chi connectivity index (χ2v) is 6.55. The van der Waals surface area contributed by atoms with Crippen LogP contribution in [0.3, 0.4) is 0 Å². The summed E-state index contributed by atoms with van der Waals surface area (Å²) in [5.74, 6) is -0.485. The monoisotopic (exact) mass is 397 g/mol. The van der Waals surface area contributed by atoms with Crippen LogP contribution in [-0.2, 0) is 6.54 Å². The van der Waals surface area contributed by atoms with Gasteiger partial charge in [0, 0.05) is 36.4 Å². The summed E-state index contributed by atoms with van der Waals surface area (Å²) in [6.45, 7) is 0.315. The average molecular weight is 397 g/mol. The van der Waals surface area contributed by atoms with Gasteiger partial charge in [-0.05, 0) is 48.0 Å². The second-order valence-electron chi connectivity index (χ2n) is 6.55. The molecule has 0 aliphatic carbocycles. The Morgan fingerprint density at radius 1 is 0.867 bits per heavy atom. The van der Waals surface area contributed by atoms with Gasteiger partial charge in [-0.15, -0.1) is 0 Å². The molecule has 0 atom stereocenters. The molecule has 4 rings (SSSR count). The van der Waals surface area contributed by atoms with E-state index in [2.05, 4.69) is 20.7 Å². The Labute approximate surface area is 173 Å². The van der Waals surface area contributed by atoms with E-state index in [1.54, 1.807) is 47.5 Å². The van der Waals surface area contributed by atoms with Gasteiger partial charge < -0.3 is 10.6 Å². The van der Waals surface area contributed by atoms with Crippen LogP contribution in [0, 0.1) is 0 Å². The molecule has 2 amide bonds. The molecule has 0 bridgehead atoms. The summed E-state index contributed by atoms with van der Waals surface area (Å²) in [6.07, 6.45) is 4.89. The van der Waals surface area contributed by atoms with Gasteiger partial charge in [-0.25, -0.2) is 4.68 Å². The Balaban J connectivity index is 1.37. The number of aromatic nitrogens is 3. The number of nitrogens with zero attached hydrogens (tertiary/aromatic N) is 3. The van der Waals surface area contributed by atoms with Crippen LogP contribution in [-0.4, -0.2) is 26.6 Å². The van der Waals surface area contributed by atoms with Gasteiger partial charge in [-0.3, -0.25) is 14.6 Å². The summed E-state index contributed by atoms with van der Waals surface area (Å²) < 4.78 is 1.66. The van der Waals surface area contributed by atoms with E-state index in [1.807, 2.05) is 48.5 Å². The number of nitrogens with one attached hydrogen (secondary N) is 2. The van der Waals surface area contributed by atoms with Gasteiger partial charge >= 0.3 is 0 Å². The highest BCUT2D eigenvalue weighted by molar-refractivity contribution is 6.04. The van der Waals surface area contributed by atoms with Crippen molar-refractivity contribution in [3.63, 3.8) is 0 Å². The third-order valence-electron chi connectivity index (χ3n) is 4.42. The number of hydrogen-bond acceptors (Lipinski definition) is 4. The normalized spacial score (nSPS) is 10.4. The molecule has 30 heavy (non-hydrogen) atoms. The van der Waals surface area contributed by atoms with Gasteiger partial charge in [0.1, 0.15) is 0 Å². The minimum absolute atomic E-state index is 0.218. The van der Waals surface area contributed by atoms with Crippen LogP contribution >= 0.6 is 0 Å². The smallest absolute Gasteiger partial charge is 0.272 e. The highest BCUT2D eigenvalue weighted by Gasteiger charge is 2.11. The topological polar surface area (TPSA) is 88.9 Å². The molecule has 0 radical (unpaired) electrons. The molecule has 0 aliphatic heterocycles. The largest absolute Gasteiger partial charge is 0.347 e. The van der Waals surface area contributed by atoms with Gasteiger partial charge in [0.2, 0.25) is 0 Å². The predicted molar refractivity (Wildman–Crippen MR) is 113 cm³/mol. The number of carbonyl (C=O) groups excluding carboxylic acids is 2. The lowest BCUT2D eigenvalue weighted by Gasteiger charge is -2.08. The molecule has 2 N–H and O–H groups in total. The maximum absolute atomic E-state index is 12.4. The summed E-state index contributed by atoms with van der Waals surface area (Å²) >= 11 is 0. The first-order chi connectivity index (χ1) is 14.7. The number of hydrogen-bond donors (Lipinski definition) is 2. The summed E-state index contributed by atoms with van der Waals surface area (Å²) in [4.78, 5) is 28.6. The predicted octanol–water partition coefficient (Wildman–Crippen LogP) is 3.45. The van der Waals surface area contributed by atoms with Crippen molar-refractivity contribution < 1.29 is 9.59 Å². The fraction of sp³-hybridized carbons (Fsp3) is 0.0435. The van der Waals surface area contributed by atoms with Crippen LogP contribution in [0.1, 0.15) is 26.4 Å². The molecule has 7 nitrogen and oxygen atoms in total. The Bertz CT molecular complexity index is 1160. The molecule has 2 heterocycles. The van der Waals surface area contributed by atoms with Crippen LogP contribution in [0.5, 0.6) is 0 Å². The Morgan fingerprint density at radius 2 is 1.67 bits per heavy atom. The Morgan fingerprint density at radius 3 is 2.47 bits per heavy atom. The molecule has 2 aromatic carbocycles. The zero-order valence-corrected chi connectivity index (χ0v) is 16.0. The number of benzene rings is 2. The van der Waals surface area contributed by atoms with Crippen LogP contribution in [0.25, 0.3) is 5.69 Å². The van der Waals surface area contributed by atoms with Gasteiger partial charge in [-0.2, -0.15) is 5.10 Å². The first kappa shape index (κ1) is 19.1. The fourth-order valence-electron chi connectivity index (χ4n) is 2.91. The number of para-hydroxylation sites is 1. The van der Waals surface area contributed by atoms with Crippen LogP contribution in [0.2, 0.25) is 0 Å². The van der Waals surface area contributed by atoms with Crippen molar-refractivity contribution in [2.45, 2.75) is 6.54 Å². The number of amides is 2. The molecule has 148 valence electrons. The molecule has 0 fully saturated rings. The quantitative estimate of drug-likeness (QED) is 0.522. The summed E-state index contributed by atoms with van der Waals surface area (Å²) in [5.41, 5.74) is 3.25. The van der Waals surface area contributed by atoms with Gasteiger partial charge in [0.15, 0.2) is 5.69 Å². The third-order valence-corrected chi connectivity index (χ3v) is 4.42. The van der Waals surface area contributed by atoms with E-state index >= 15 is 0 Å². The third kappa shape index (κ3) is 4.59. The first-order valence-electron chi connectivity index (χ1n) is 9.39. The van der Waals surface area contributed by atoms with E-state index in [-0.39, 0.29) is 11.8 Å². The molecule has 0 spiro atoms. The van der Waals surface area contributed by atoms with E-state index in [1.165, 1.54) is 0 Å². The maximum atomic E-state index is 12.4. The molecule has 0 unspecified atom stereocenters. The summed E-state index contributed by atoms with van der Waals surface area (Å²) in [6, 6.07) is 21.9. The van der Waals surface area contributed by atoms with E-state index in [0.29, 0.717) is 23.5 Å². The maximum Gasteiger partial charge on any atom is 0.272 e. The zero-order valence-electron chi connectivity index (χ0n) is 16.0. The van der Waals surface area contributed by atoms with Gasteiger partial charge in [0.05, 0.1) is 5.69 Å². The SMILES string of the molecule is O=C(Nc1cccc(CNC(=O)c2ccn(-c3ccccc3)n2)c1)c1ccncc1. The molecular weight excluding hydrogens is 378 g/mol. The van der Waals surface area contributed by atoms with Crippen LogP contribution in [0.4, 0.5) is 5.69 Å². The van der Waals surface area contributed by atoms with Crippen molar-refractivity contribution in [2.24, 2.45) is 0 Å². The van der Waals surface area contributed by atoms with Gasteiger partial charge in [-0.1, -0.05) is 30.3 Å². The standard InChI is InChI=1S/C23H19N5O2/c29-22(18-9-12-24-13-10-18)26-19-6-4-5-17(15-19)16-25-23(30)21-11-14-28(27-21)20-7-2-1-3-8-20/h1-15H,16H2,(H,25,30)(H,26,29). The van der Waals surface area contributed by atoms with Crippen molar-refractivity contribution in [3.05, 3.63) is 108 Å². The molecule has 0 saturated heterocycles. The van der Waals surface area contributed by atoms with Crippen LogP contribution < -0.4 is 10.6 Å². The summed E-state index contributed by atoms with van der Waals surface area (Å²) in [7, 11) is 0. The van der Waals surface area contributed by atoms with Crippen molar-refractivity contribution in [2.75, 3.05) is 5.32 Å². The highest BCUT2D eigenvalue weighted by atomic mass is 16.2. The van der Waals surface area contributed by atoms with Crippen molar-refractivity contribution >= 4 is 17.5 Å². The Kier molecular flexibility index (Phi) is 5.61. The molecule has 7 heteroatoms. The Hall–Kier alpha value is -4.26. The number of pyridine rings is 1. The lowest BCUT2D eigenvalue weighted by molar-refractivity contribution is 0.0944. The highest BCUT2D eigenvalue weighted by Crippen LogP contribution is 2.13. The number of rotatable bonds is 6. The molecule has 0 saturated carbocycles. The lowest BCUT2D eigenvalue weighted by Crippen LogP contribution is -2.23. The van der Waals surface area contributed by atoms with Gasteiger partial charge in [0.25, 0.3) is 11.8 Å². The van der Waals surface area contributed by atoms with Crippen molar-refractivity contribution in [1.82, 2.24) is 20.1 Å². The summed E-state index contributed by atoms with van der Waals surface area (Å²) in [5, 5.41) is 10.0. The van der Waals surface area contributed by atoms with E-state index in [9.17, 15) is 9.59 Å². The van der Waals surface area contributed by atoms with E-state index in [0.717, 1.165) is 11.3 Å². The molecular formula is C23H19N5O2. The van der Waals surface area contributed by atoms with E-state index < -0.39 is 0 Å². The first-order valence-corrected chi connectivity index (χ1v) is 9.39. The number of anilines is 1. The van der Waals surface area contributed by atoms with Crippen molar-refractivity contribution in [1.29, 1.82) is 0 Å². The van der Waals surface area contributed by atoms with Crippen molar-refractivity contribution in [3.8, 4) is 5.69 Å².